The average molecular weight is 206 g/mol. The lowest BCUT2D eigenvalue weighted by atomic mass is 9.98. The molecule has 2 nitrogen and oxygen atoms in total. The summed E-state index contributed by atoms with van der Waals surface area (Å²) >= 11 is 0. The lowest BCUT2D eigenvalue weighted by Gasteiger charge is -2.08. The monoisotopic (exact) mass is 206 g/mol. The molecular formula is C13H18O2. The van der Waals surface area contributed by atoms with E-state index in [0.717, 1.165) is 12.0 Å². The van der Waals surface area contributed by atoms with Crippen molar-refractivity contribution in [1.82, 2.24) is 0 Å². The molecule has 0 aliphatic carbocycles. The predicted octanol–water partition coefficient (Wildman–Crippen LogP) is 2.90. The highest BCUT2D eigenvalue weighted by molar-refractivity contribution is 5.70. The van der Waals surface area contributed by atoms with Crippen molar-refractivity contribution in [2.24, 2.45) is 5.92 Å². The quantitative estimate of drug-likeness (QED) is 0.804. The first-order valence-electron chi connectivity index (χ1n) is 5.41. The van der Waals surface area contributed by atoms with Gasteiger partial charge in [0.05, 0.1) is 6.42 Å². The molecule has 0 aromatic heterocycles. The molecule has 0 saturated heterocycles. The molecule has 15 heavy (non-hydrogen) atoms. The van der Waals surface area contributed by atoms with Crippen LogP contribution in [0.4, 0.5) is 0 Å². The van der Waals surface area contributed by atoms with Crippen LogP contribution in [0.1, 0.15) is 31.4 Å². The molecule has 1 N–H and O–H groups in total. The van der Waals surface area contributed by atoms with Gasteiger partial charge in [-0.25, -0.2) is 0 Å². The summed E-state index contributed by atoms with van der Waals surface area (Å²) in [5, 5.41) is 8.62. The van der Waals surface area contributed by atoms with E-state index in [4.69, 9.17) is 5.11 Å². The Kier molecular flexibility index (Phi) is 4.35. The Hall–Kier alpha value is -1.31. The number of aliphatic carboxylic acids is 1. The highest BCUT2D eigenvalue weighted by Crippen LogP contribution is 2.12. The van der Waals surface area contributed by atoms with Gasteiger partial charge >= 0.3 is 5.97 Å². The van der Waals surface area contributed by atoms with Crippen LogP contribution in [0.25, 0.3) is 0 Å². The standard InChI is InChI=1S/C13H18O2/c1-3-10(2)8-11-4-6-12(7-5-11)9-13(14)15/h4-7,10H,3,8-9H2,1-2H3,(H,14,15)/t10-/m1/s1. The molecule has 0 heterocycles. The normalized spacial score (nSPS) is 12.4. The van der Waals surface area contributed by atoms with Crippen molar-refractivity contribution >= 4 is 5.97 Å². The minimum absolute atomic E-state index is 0.115. The van der Waals surface area contributed by atoms with Crippen molar-refractivity contribution in [2.75, 3.05) is 0 Å². The largest absolute Gasteiger partial charge is 0.481 e. The van der Waals surface area contributed by atoms with E-state index in [1.807, 2.05) is 24.3 Å². The van der Waals surface area contributed by atoms with Gasteiger partial charge < -0.3 is 5.11 Å². The zero-order valence-corrected chi connectivity index (χ0v) is 9.36. The topological polar surface area (TPSA) is 37.3 Å². The van der Waals surface area contributed by atoms with Crippen LogP contribution in [-0.2, 0) is 17.6 Å². The van der Waals surface area contributed by atoms with Crippen molar-refractivity contribution < 1.29 is 9.90 Å². The summed E-state index contributed by atoms with van der Waals surface area (Å²) in [5.41, 5.74) is 2.16. The summed E-state index contributed by atoms with van der Waals surface area (Å²) < 4.78 is 0. The number of hydrogen-bond acceptors (Lipinski definition) is 1. The van der Waals surface area contributed by atoms with Crippen LogP contribution in [0.3, 0.4) is 0 Å². The van der Waals surface area contributed by atoms with Crippen molar-refractivity contribution in [3.8, 4) is 0 Å². The van der Waals surface area contributed by atoms with Crippen molar-refractivity contribution in [1.29, 1.82) is 0 Å². The fourth-order valence-corrected chi connectivity index (χ4v) is 1.51. The molecule has 1 aromatic rings. The van der Waals surface area contributed by atoms with Gasteiger partial charge in [0, 0.05) is 0 Å². The number of rotatable bonds is 5. The summed E-state index contributed by atoms with van der Waals surface area (Å²) in [6, 6.07) is 7.88. The van der Waals surface area contributed by atoms with Gasteiger partial charge in [-0.15, -0.1) is 0 Å². The van der Waals surface area contributed by atoms with E-state index in [0.29, 0.717) is 5.92 Å². The second kappa shape index (κ2) is 5.54. The van der Waals surface area contributed by atoms with Crippen LogP contribution in [0, 0.1) is 5.92 Å². The maximum atomic E-state index is 10.5. The Balaban J connectivity index is 2.60. The van der Waals surface area contributed by atoms with Gasteiger partial charge in [-0.1, -0.05) is 44.5 Å². The Bertz CT molecular complexity index is 314. The van der Waals surface area contributed by atoms with Crippen LogP contribution in [0.5, 0.6) is 0 Å². The smallest absolute Gasteiger partial charge is 0.307 e. The van der Waals surface area contributed by atoms with E-state index in [1.54, 1.807) is 0 Å². The van der Waals surface area contributed by atoms with Crippen LogP contribution >= 0.6 is 0 Å². The number of carboxylic acid groups (broad SMARTS) is 1. The molecule has 0 aliphatic rings. The molecule has 82 valence electrons. The van der Waals surface area contributed by atoms with E-state index < -0.39 is 5.97 Å². The van der Waals surface area contributed by atoms with Gasteiger partial charge in [0.25, 0.3) is 0 Å². The third-order valence-electron chi connectivity index (χ3n) is 2.66. The summed E-state index contributed by atoms with van der Waals surface area (Å²) in [4.78, 5) is 10.5. The van der Waals surface area contributed by atoms with Gasteiger partial charge in [0.1, 0.15) is 0 Å². The molecule has 0 bridgehead atoms. The molecule has 2 heteroatoms. The van der Waals surface area contributed by atoms with Gasteiger partial charge in [-0.05, 0) is 23.5 Å². The molecule has 0 radical (unpaired) electrons. The zero-order valence-electron chi connectivity index (χ0n) is 9.36. The Labute approximate surface area is 90.9 Å². The number of benzene rings is 1. The Morgan fingerprint density at radius 3 is 2.27 bits per heavy atom. The molecule has 0 saturated carbocycles. The molecule has 1 atom stereocenters. The van der Waals surface area contributed by atoms with E-state index in [1.165, 1.54) is 12.0 Å². The van der Waals surface area contributed by atoms with Gasteiger partial charge in [0.2, 0.25) is 0 Å². The van der Waals surface area contributed by atoms with Crippen LogP contribution < -0.4 is 0 Å². The lowest BCUT2D eigenvalue weighted by Crippen LogP contribution is -2.01. The molecule has 0 unspecified atom stereocenters. The van der Waals surface area contributed by atoms with Crippen molar-refractivity contribution in [3.63, 3.8) is 0 Å². The molecule has 1 rings (SSSR count). The van der Waals surface area contributed by atoms with Crippen molar-refractivity contribution in [3.05, 3.63) is 35.4 Å². The minimum Gasteiger partial charge on any atom is -0.481 e. The first-order valence-corrected chi connectivity index (χ1v) is 5.41. The summed E-state index contributed by atoms with van der Waals surface area (Å²) in [6.45, 7) is 4.41. The minimum atomic E-state index is -0.773. The molecule has 0 aliphatic heterocycles. The summed E-state index contributed by atoms with van der Waals surface area (Å²) in [5.74, 6) is -0.0833. The summed E-state index contributed by atoms with van der Waals surface area (Å²) in [6.07, 6.45) is 2.37. The summed E-state index contributed by atoms with van der Waals surface area (Å²) in [7, 11) is 0. The molecule has 0 amide bonds. The van der Waals surface area contributed by atoms with Gasteiger partial charge in [-0.3, -0.25) is 4.79 Å². The molecule has 1 aromatic carbocycles. The van der Waals surface area contributed by atoms with Gasteiger partial charge in [-0.2, -0.15) is 0 Å². The van der Waals surface area contributed by atoms with E-state index in [-0.39, 0.29) is 6.42 Å². The first kappa shape index (κ1) is 11.8. The third-order valence-corrected chi connectivity index (χ3v) is 2.66. The van der Waals surface area contributed by atoms with Crippen LogP contribution in [0.2, 0.25) is 0 Å². The Morgan fingerprint density at radius 2 is 1.80 bits per heavy atom. The number of carboxylic acids is 1. The second-order valence-corrected chi connectivity index (χ2v) is 4.10. The predicted molar refractivity (Wildman–Crippen MR) is 60.9 cm³/mol. The van der Waals surface area contributed by atoms with Crippen LogP contribution in [-0.4, -0.2) is 11.1 Å². The maximum absolute atomic E-state index is 10.5. The first-order chi connectivity index (χ1) is 7.11. The fourth-order valence-electron chi connectivity index (χ4n) is 1.51. The zero-order chi connectivity index (χ0) is 11.3. The average Bonchev–Trinajstić information content (AvgIpc) is 2.20. The SMILES string of the molecule is CC[C@@H](C)Cc1ccc(CC(=O)O)cc1. The van der Waals surface area contributed by atoms with E-state index in [2.05, 4.69) is 13.8 Å². The van der Waals surface area contributed by atoms with E-state index >= 15 is 0 Å². The number of hydrogen-bond donors (Lipinski definition) is 1. The molecule has 0 spiro atoms. The highest BCUT2D eigenvalue weighted by atomic mass is 16.4. The number of carbonyl (C=O) groups is 1. The second-order valence-electron chi connectivity index (χ2n) is 4.10. The maximum Gasteiger partial charge on any atom is 0.307 e. The highest BCUT2D eigenvalue weighted by Gasteiger charge is 2.03. The van der Waals surface area contributed by atoms with Crippen LogP contribution in [0.15, 0.2) is 24.3 Å². The molecular weight excluding hydrogens is 188 g/mol. The van der Waals surface area contributed by atoms with E-state index in [9.17, 15) is 4.79 Å². The Morgan fingerprint density at radius 1 is 1.27 bits per heavy atom. The van der Waals surface area contributed by atoms with Gasteiger partial charge in [0.15, 0.2) is 0 Å². The fraction of sp³-hybridized carbons (Fsp3) is 0.462. The lowest BCUT2D eigenvalue weighted by molar-refractivity contribution is -0.136. The van der Waals surface area contributed by atoms with Crippen molar-refractivity contribution in [2.45, 2.75) is 33.1 Å². The third kappa shape index (κ3) is 4.15. The molecule has 0 fully saturated rings.